The van der Waals surface area contributed by atoms with Crippen LogP contribution in [0.4, 0.5) is 32.0 Å². The quantitative estimate of drug-likeness (QED) is 0.567. The van der Waals surface area contributed by atoms with Crippen LogP contribution >= 0.6 is 12.2 Å². The third-order valence-electron chi connectivity index (χ3n) is 2.63. The Balaban J connectivity index is 3.42. The fraction of sp³-hybridized carbons (Fsp3) is 0.417. The van der Waals surface area contributed by atoms with Crippen LogP contribution in [0.15, 0.2) is 18.2 Å². The first-order chi connectivity index (χ1) is 9.34. The number of anilines is 1. The van der Waals surface area contributed by atoms with Gasteiger partial charge in [-0.2, -0.15) is 26.3 Å². The summed E-state index contributed by atoms with van der Waals surface area (Å²) >= 11 is 4.95. The van der Waals surface area contributed by atoms with Crippen molar-refractivity contribution in [1.29, 1.82) is 0 Å². The minimum Gasteiger partial charge on any atom is -0.355 e. The summed E-state index contributed by atoms with van der Waals surface area (Å²) in [5.41, 5.74) is -3.03. The van der Waals surface area contributed by atoms with Gasteiger partial charge in [0.05, 0.1) is 11.1 Å². The van der Waals surface area contributed by atoms with Gasteiger partial charge < -0.3 is 9.80 Å². The average molecular weight is 330 g/mol. The number of rotatable bonds is 1. The Morgan fingerprint density at radius 3 is 1.52 bits per heavy atom. The molecule has 0 atom stereocenters. The van der Waals surface area contributed by atoms with Crippen LogP contribution in [0.2, 0.25) is 0 Å². The number of nitrogens with zero attached hydrogens (tertiary/aromatic N) is 2. The summed E-state index contributed by atoms with van der Waals surface area (Å²) in [5.74, 6) is 0. The van der Waals surface area contributed by atoms with Gasteiger partial charge in [-0.1, -0.05) is 0 Å². The van der Waals surface area contributed by atoms with Gasteiger partial charge in [-0.15, -0.1) is 0 Å². The summed E-state index contributed by atoms with van der Waals surface area (Å²) < 4.78 is 76.4. The maximum absolute atomic E-state index is 12.7. The zero-order valence-electron chi connectivity index (χ0n) is 11.3. The molecule has 0 N–H and O–H groups in total. The van der Waals surface area contributed by atoms with Gasteiger partial charge in [0.2, 0.25) is 0 Å². The molecule has 0 heterocycles. The predicted octanol–water partition coefficient (Wildman–Crippen LogP) is 4.01. The average Bonchev–Trinajstić information content (AvgIpc) is 2.34. The zero-order chi connectivity index (χ0) is 16.6. The van der Waals surface area contributed by atoms with Crippen LogP contribution in [0.25, 0.3) is 0 Å². The molecule has 0 aromatic heterocycles. The number of thiocarbonyl (C=S) groups is 1. The van der Waals surface area contributed by atoms with Crippen molar-refractivity contribution < 1.29 is 26.3 Å². The van der Waals surface area contributed by atoms with E-state index in [0.29, 0.717) is 12.1 Å². The monoisotopic (exact) mass is 330 g/mol. The van der Waals surface area contributed by atoms with Crippen LogP contribution in [0.3, 0.4) is 0 Å². The third kappa shape index (κ3) is 4.23. The Morgan fingerprint density at radius 2 is 1.24 bits per heavy atom. The van der Waals surface area contributed by atoms with Gasteiger partial charge in [0.15, 0.2) is 5.11 Å². The predicted molar refractivity (Wildman–Crippen MR) is 71.1 cm³/mol. The van der Waals surface area contributed by atoms with E-state index in [4.69, 9.17) is 12.2 Å². The number of hydrogen-bond acceptors (Lipinski definition) is 1. The van der Waals surface area contributed by atoms with Crippen molar-refractivity contribution in [1.82, 2.24) is 4.90 Å². The minimum atomic E-state index is -4.88. The summed E-state index contributed by atoms with van der Waals surface area (Å²) in [6, 6.07) is 1.34. The number of alkyl halides is 6. The van der Waals surface area contributed by atoms with Crippen LogP contribution in [0, 0.1) is 0 Å². The van der Waals surface area contributed by atoms with Crippen LogP contribution in [-0.4, -0.2) is 31.2 Å². The molecule has 1 aromatic rings. The van der Waals surface area contributed by atoms with Gasteiger partial charge in [-0.25, -0.2) is 0 Å². The lowest BCUT2D eigenvalue weighted by Gasteiger charge is -2.26. The molecule has 1 rings (SSSR count). The van der Waals surface area contributed by atoms with E-state index in [-0.39, 0.29) is 16.9 Å². The largest absolute Gasteiger partial charge is 0.416 e. The molecule has 0 saturated heterocycles. The highest BCUT2D eigenvalue weighted by Gasteiger charge is 2.37. The second kappa shape index (κ2) is 5.70. The topological polar surface area (TPSA) is 6.48 Å². The van der Waals surface area contributed by atoms with E-state index in [9.17, 15) is 26.3 Å². The highest BCUT2D eigenvalue weighted by Crippen LogP contribution is 2.38. The Bertz CT molecular complexity index is 503. The lowest BCUT2D eigenvalue weighted by atomic mass is 10.1. The summed E-state index contributed by atoms with van der Waals surface area (Å²) in [6.07, 6.45) is -9.76. The van der Waals surface area contributed by atoms with E-state index >= 15 is 0 Å². The molecule has 0 aliphatic heterocycles. The van der Waals surface area contributed by atoms with Gasteiger partial charge in [-0.05, 0) is 30.4 Å². The molecule has 0 radical (unpaired) electrons. The summed E-state index contributed by atoms with van der Waals surface area (Å²) in [6.45, 7) is 0. The molecule has 0 spiro atoms. The molecular weight excluding hydrogens is 318 g/mol. The van der Waals surface area contributed by atoms with E-state index < -0.39 is 23.5 Å². The minimum absolute atomic E-state index is 0.0794. The fourth-order valence-corrected chi connectivity index (χ4v) is 1.65. The molecule has 2 nitrogen and oxygen atoms in total. The highest BCUT2D eigenvalue weighted by molar-refractivity contribution is 7.80. The summed E-state index contributed by atoms with van der Waals surface area (Å²) in [5, 5.41) is 0.0856. The van der Waals surface area contributed by atoms with Crippen LogP contribution in [0.5, 0.6) is 0 Å². The number of halogens is 6. The first-order valence-electron chi connectivity index (χ1n) is 5.58. The molecule has 21 heavy (non-hydrogen) atoms. The van der Waals surface area contributed by atoms with Crippen molar-refractivity contribution >= 4 is 23.0 Å². The molecule has 1 aromatic carbocycles. The Morgan fingerprint density at radius 1 is 0.857 bits per heavy atom. The Kier molecular flexibility index (Phi) is 4.76. The van der Waals surface area contributed by atoms with E-state index in [0.717, 1.165) is 4.90 Å². The van der Waals surface area contributed by atoms with Crippen molar-refractivity contribution in [3.63, 3.8) is 0 Å². The lowest BCUT2D eigenvalue weighted by molar-refractivity contribution is -0.143. The molecule has 0 saturated carbocycles. The second-order valence-electron chi connectivity index (χ2n) is 4.50. The molecule has 118 valence electrons. The van der Waals surface area contributed by atoms with Crippen molar-refractivity contribution in [3.8, 4) is 0 Å². The van der Waals surface area contributed by atoms with Gasteiger partial charge in [0.25, 0.3) is 0 Å². The summed E-state index contributed by atoms with van der Waals surface area (Å²) in [7, 11) is 4.38. The second-order valence-corrected chi connectivity index (χ2v) is 4.87. The van der Waals surface area contributed by atoms with Crippen LogP contribution in [-0.2, 0) is 12.4 Å². The highest BCUT2D eigenvalue weighted by atomic mass is 32.1. The first kappa shape index (κ1) is 17.5. The van der Waals surface area contributed by atoms with Crippen molar-refractivity contribution in [2.45, 2.75) is 12.4 Å². The van der Waals surface area contributed by atoms with Crippen LogP contribution in [0.1, 0.15) is 11.1 Å². The van der Waals surface area contributed by atoms with E-state index in [1.54, 1.807) is 0 Å². The maximum atomic E-state index is 12.7. The van der Waals surface area contributed by atoms with Crippen molar-refractivity contribution in [2.75, 3.05) is 26.0 Å². The molecule has 0 fully saturated rings. The van der Waals surface area contributed by atoms with E-state index in [1.165, 1.54) is 26.0 Å². The molecule has 0 aliphatic carbocycles. The molecular formula is C12H12F6N2S. The first-order valence-corrected chi connectivity index (χ1v) is 5.99. The molecule has 0 aliphatic rings. The van der Waals surface area contributed by atoms with E-state index in [1.807, 2.05) is 0 Å². The molecule has 9 heteroatoms. The lowest BCUT2D eigenvalue weighted by Crippen LogP contribution is -2.36. The number of hydrogen-bond donors (Lipinski definition) is 0. The third-order valence-corrected chi connectivity index (χ3v) is 3.27. The molecule has 0 unspecified atom stereocenters. The molecule has 0 amide bonds. The van der Waals surface area contributed by atoms with Gasteiger partial charge >= 0.3 is 12.4 Å². The van der Waals surface area contributed by atoms with Gasteiger partial charge in [0.1, 0.15) is 0 Å². The fourth-order valence-electron chi connectivity index (χ4n) is 1.54. The Hall–Kier alpha value is -1.51. The molecule has 0 bridgehead atoms. The number of benzene rings is 1. The van der Waals surface area contributed by atoms with Crippen LogP contribution < -0.4 is 4.90 Å². The smallest absolute Gasteiger partial charge is 0.355 e. The standard InChI is InChI=1S/C12H12F6N2S/c1-19(2)10(21)20(3)9-5-7(11(13,14)15)4-8(6-9)12(16,17)18/h4-6H,1-3H3. The van der Waals surface area contributed by atoms with E-state index in [2.05, 4.69) is 0 Å². The van der Waals surface area contributed by atoms with Crippen molar-refractivity contribution in [3.05, 3.63) is 29.3 Å². The SMILES string of the molecule is CN(C)C(=S)N(C)c1cc(C(F)(F)F)cc(C(F)(F)F)c1. The normalized spacial score (nSPS) is 12.2. The zero-order valence-corrected chi connectivity index (χ0v) is 12.1. The van der Waals surface area contributed by atoms with Gasteiger partial charge in [-0.3, -0.25) is 0 Å². The summed E-state index contributed by atoms with van der Waals surface area (Å²) in [4.78, 5) is 2.49. The Labute approximate surface area is 122 Å². The van der Waals surface area contributed by atoms with Crippen molar-refractivity contribution in [2.24, 2.45) is 0 Å². The van der Waals surface area contributed by atoms with Gasteiger partial charge in [0, 0.05) is 26.8 Å². The maximum Gasteiger partial charge on any atom is 0.416 e.